The first-order valence-electron chi connectivity index (χ1n) is 17.8. The molecule has 0 bridgehead atoms. The van der Waals surface area contributed by atoms with E-state index < -0.39 is 146 Å². The lowest BCUT2D eigenvalue weighted by molar-refractivity contribution is -0.0628. The summed E-state index contributed by atoms with van der Waals surface area (Å²) in [6.45, 7) is -3.04. The molecule has 3 unspecified atom stereocenters. The average Bonchev–Trinajstić information content (AvgIpc) is 3.92. The van der Waals surface area contributed by atoms with E-state index >= 15 is 0 Å². The maximum absolute atomic E-state index is 13.5. The van der Waals surface area contributed by atoms with Crippen LogP contribution in [-0.4, -0.2) is 148 Å². The summed E-state index contributed by atoms with van der Waals surface area (Å²) in [7, 11) is -14.2. The van der Waals surface area contributed by atoms with Crippen LogP contribution in [-0.2, 0) is 50.5 Å². The van der Waals surface area contributed by atoms with Crippen molar-refractivity contribution >= 4 is 46.8 Å². The van der Waals surface area contributed by atoms with Gasteiger partial charge in [0.1, 0.15) is 67.4 Å². The number of nitrogens with two attached hydrogens (primary N) is 2. The number of phosphoric ester groups is 2. The summed E-state index contributed by atoms with van der Waals surface area (Å²) in [6.07, 6.45) is -19.0. The number of aliphatic hydroxyl groups excluding tert-OH is 4. The van der Waals surface area contributed by atoms with E-state index in [9.17, 15) is 68.0 Å². The van der Waals surface area contributed by atoms with Crippen LogP contribution < -0.4 is 34.0 Å². The van der Waals surface area contributed by atoms with Crippen molar-refractivity contribution in [1.29, 1.82) is 0 Å². The van der Waals surface area contributed by atoms with Crippen LogP contribution >= 0.6 is 23.9 Å². The van der Waals surface area contributed by atoms with Crippen molar-refractivity contribution in [2.45, 2.75) is 73.6 Å². The number of nitrogen functional groups attached to an aromatic ring is 2. The molecule has 3 fully saturated rings. The number of imidazole rings is 1. The summed E-state index contributed by atoms with van der Waals surface area (Å²) in [6, 6.07) is 2.08. The maximum Gasteiger partial charge on any atom is 0.694 e. The smallest absolute Gasteiger partial charge is 0.387 e. The molecule has 0 saturated carbocycles. The van der Waals surface area contributed by atoms with E-state index in [2.05, 4.69) is 24.5 Å². The molecule has 0 aromatic carbocycles. The van der Waals surface area contributed by atoms with Gasteiger partial charge in [0.05, 0.1) is 19.5 Å². The summed E-state index contributed by atoms with van der Waals surface area (Å²) >= 11 is 0. The molecule has 63 heavy (non-hydrogen) atoms. The summed E-state index contributed by atoms with van der Waals surface area (Å²) in [5.74, 6) is -0.606. The molecular formula is C28H36N10O22P3+. The minimum atomic E-state index is -5.50. The minimum Gasteiger partial charge on any atom is -0.387 e. The van der Waals surface area contributed by atoms with Crippen LogP contribution in [0.15, 0.2) is 50.0 Å². The molecule has 0 amide bonds. The number of rotatable bonds is 16. The topological polar surface area (TPSA) is 472 Å². The Labute approximate surface area is 348 Å². The van der Waals surface area contributed by atoms with Crippen LogP contribution in [0.1, 0.15) is 18.7 Å². The van der Waals surface area contributed by atoms with Crippen molar-refractivity contribution in [3.63, 3.8) is 0 Å². The van der Waals surface area contributed by atoms with E-state index in [4.69, 9.17) is 43.8 Å². The average molecular weight is 958 g/mol. The zero-order valence-electron chi connectivity index (χ0n) is 31.4. The lowest BCUT2D eigenvalue weighted by atomic mass is 10.1. The van der Waals surface area contributed by atoms with Crippen molar-refractivity contribution < 1.29 is 85.6 Å². The molecule has 35 heteroatoms. The van der Waals surface area contributed by atoms with Crippen molar-refractivity contribution in [3.05, 3.63) is 72.5 Å². The number of aromatic nitrogens is 8. The van der Waals surface area contributed by atoms with E-state index in [-0.39, 0.29) is 17.0 Å². The van der Waals surface area contributed by atoms with E-state index in [0.717, 1.165) is 44.6 Å². The van der Waals surface area contributed by atoms with Crippen molar-refractivity contribution in [1.82, 2.24) is 38.6 Å². The Morgan fingerprint density at radius 2 is 1.30 bits per heavy atom. The number of fused-ring (bicyclic) bond motifs is 1. The highest BCUT2D eigenvalue weighted by Gasteiger charge is 2.53. The third kappa shape index (κ3) is 9.93. The molecule has 3 saturated heterocycles. The molecule has 4 aromatic rings. The van der Waals surface area contributed by atoms with Crippen LogP contribution in [0.4, 0.5) is 11.8 Å². The Morgan fingerprint density at radius 1 is 0.746 bits per heavy atom. The Hall–Kier alpha value is -4.53. The zero-order valence-corrected chi connectivity index (χ0v) is 34.1. The molecule has 3 aliphatic rings. The van der Waals surface area contributed by atoms with Gasteiger partial charge in [-0.3, -0.25) is 51.4 Å². The fraction of sp³-hybridized carbons (Fsp3) is 0.536. The third-order valence-corrected chi connectivity index (χ3v) is 11.9. The Morgan fingerprint density at radius 3 is 1.90 bits per heavy atom. The van der Waals surface area contributed by atoms with Crippen LogP contribution in [0, 0.1) is 0 Å². The van der Waals surface area contributed by atoms with Gasteiger partial charge in [0, 0.05) is 23.0 Å². The molecule has 32 nitrogen and oxygen atoms in total. The van der Waals surface area contributed by atoms with Gasteiger partial charge >= 0.3 is 35.3 Å². The Bertz CT molecular complexity index is 2690. The predicted octanol–water partition coefficient (Wildman–Crippen LogP) is -5.10. The molecule has 3 aliphatic heterocycles. The number of H-pyrrole nitrogens is 2. The second-order valence-electron chi connectivity index (χ2n) is 13.7. The van der Waals surface area contributed by atoms with Crippen LogP contribution in [0.3, 0.4) is 0 Å². The largest absolute Gasteiger partial charge is 0.694 e. The van der Waals surface area contributed by atoms with E-state index in [1.165, 1.54) is 0 Å². The Balaban J connectivity index is 1.10. The highest BCUT2D eigenvalue weighted by molar-refractivity contribution is 7.47. The number of nitrogens with zero attached hydrogens (tertiary/aromatic N) is 6. The Kier molecular flexibility index (Phi) is 13.4. The minimum absolute atomic E-state index is 0.206. The third-order valence-electron chi connectivity index (χ3n) is 9.59. The monoisotopic (exact) mass is 957 g/mol. The summed E-state index contributed by atoms with van der Waals surface area (Å²) in [5, 5.41) is 43.7. The number of aliphatic hydroxyl groups is 4. The molecule has 0 radical (unpaired) electrons. The number of hydrogen-bond donors (Lipinski definition) is 11. The first kappa shape index (κ1) is 46.5. The first-order chi connectivity index (χ1) is 29.6. The summed E-state index contributed by atoms with van der Waals surface area (Å²) in [4.78, 5) is 95.1. The number of ether oxygens (including phenoxy) is 3. The van der Waals surface area contributed by atoms with Crippen LogP contribution in [0.5, 0.6) is 0 Å². The zero-order chi connectivity index (χ0) is 45.7. The molecule has 4 aromatic heterocycles. The highest BCUT2D eigenvalue weighted by Crippen LogP contribution is 2.52. The van der Waals surface area contributed by atoms with Crippen molar-refractivity contribution in [2.75, 3.05) is 31.3 Å². The lowest BCUT2D eigenvalue weighted by Crippen LogP contribution is -2.38. The first-order valence-corrected chi connectivity index (χ1v) is 21.9. The van der Waals surface area contributed by atoms with Gasteiger partial charge in [0.2, 0.25) is 5.95 Å². The van der Waals surface area contributed by atoms with Gasteiger partial charge < -0.3 is 55.9 Å². The second-order valence-corrected chi connectivity index (χ2v) is 17.2. The lowest BCUT2D eigenvalue weighted by Gasteiger charge is -2.25. The van der Waals surface area contributed by atoms with E-state index in [0.29, 0.717) is 0 Å². The normalized spacial score (nSPS) is 31.9. The van der Waals surface area contributed by atoms with Crippen LogP contribution in [0.2, 0.25) is 0 Å². The maximum atomic E-state index is 13.5. The molecule has 15 atom stereocenters. The van der Waals surface area contributed by atoms with E-state index in [1.54, 1.807) is 0 Å². The van der Waals surface area contributed by atoms with Gasteiger partial charge in [-0.1, -0.05) is 0 Å². The van der Waals surface area contributed by atoms with Crippen LogP contribution in [0.25, 0.3) is 11.2 Å². The van der Waals surface area contributed by atoms with Crippen molar-refractivity contribution in [3.8, 4) is 0 Å². The van der Waals surface area contributed by atoms with Gasteiger partial charge in [0.15, 0.2) is 29.8 Å². The SMILES string of the molecule is Nc1ccn([C@@H]2O[C@H](CO[P+](=O)O)[C@@H](OP(=O)(O)OC[C@H]3O[C@@H](n4cnc5c(=O)[nH]c(N)nc54)[C@H](O)[C@@H]3OP(=O)(O)OC[C@H]3O[C@@H](n4ccc(=O)[nH]c4=O)[C@H](O)[C@@H]3O)[C@H]2O)c(=O)n1. The molecule has 7 rings (SSSR count). The molecule has 0 spiro atoms. The standard InChI is InChI=1S/C28H35N10O22P3/c29-12-1-3-36(27(45)32-12)24-17(42)19(10(57-24)5-53-61(47)48)59-63(51,52)55-7-11-20(18(43)25(58-11)38-8-31-14-21(38)34-26(30)35-22(14)44)60-62(49,50)54-6-9-15(40)16(41)23(56-9)37-4-2-13(39)33-28(37)46/h1-4,8-11,15-20,23-25,40-43H,5-7H2,(H8-,29,30,32,33,34,35,39,44,45,46,47,48,49,50,51,52)/p+1/t9-,10-,11-,15-,16-,17-,18-,19-,20-,23-,24-,25-/m1/s1. The number of hydrogen-bond acceptors (Lipinski definition) is 24. The summed E-state index contributed by atoms with van der Waals surface area (Å²) < 4.78 is 82.6. The molecule has 13 N–H and O–H groups in total. The predicted molar refractivity (Wildman–Crippen MR) is 200 cm³/mol. The summed E-state index contributed by atoms with van der Waals surface area (Å²) in [5.41, 5.74) is 6.94. The second kappa shape index (κ2) is 18.2. The fourth-order valence-electron chi connectivity index (χ4n) is 6.74. The van der Waals surface area contributed by atoms with Gasteiger partial charge in [-0.05, 0) is 6.07 Å². The molecule has 344 valence electrons. The quantitative estimate of drug-likeness (QED) is 0.0468. The van der Waals surface area contributed by atoms with Gasteiger partial charge in [0.25, 0.3) is 11.1 Å². The van der Waals surface area contributed by atoms with Gasteiger partial charge in [-0.25, -0.2) is 23.7 Å². The van der Waals surface area contributed by atoms with Crippen molar-refractivity contribution in [2.24, 2.45) is 0 Å². The van der Waals surface area contributed by atoms with E-state index in [1.807, 2.05) is 4.98 Å². The number of phosphoric acid groups is 2. The molecular weight excluding hydrogens is 921 g/mol. The number of anilines is 2. The highest BCUT2D eigenvalue weighted by atomic mass is 31.2. The molecule has 0 aliphatic carbocycles. The molecule has 7 heterocycles. The number of aromatic amines is 2. The number of nitrogens with one attached hydrogen (secondary N) is 2. The van der Waals surface area contributed by atoms with Gasteiger partial charge in [-0.2, -0.15) is 9.97 Å². The fourth-order valence-corrected chi connectivity index (χ4v) is 8.94. The van der Waals surface area contributed by atoms with Gasteiger partial charge in [-0.15, -0.1) is 9.42 Å².